The molecular formula is C28H28F4N8O3. The predicted octanol–water partition coefficient (Wildman–Crippen LogP) is 5.17. The number of amides is 1. The number of nitrogens with zero attached hydrogens (tertiary/aromatic N) is 8. The van der Waals surface area contributed by atoms with Gasteiger partial charge >= 0.3 is 6.18 Å². The van der Waals surface area contributed by atoms with Crippen molar-refractivity contribution >= 4 is 11.9 Å². The van der Waals surface area contributed by atoms with Crippen LogP contribution in [0, 0.1) is 5.82 Å². The summed E-state index contributed by atoms with van der Waals surface area (Å²) >= 11 is 0. The highest BCUT2D eigenvalue weighted by Crippen LogP contribution is 2.46. The number of halogens is 4. The molecule has 226 valence electrons. The van der Waals surface area contributed by atoms with Crippen LogP contribution in [-0.4, -0.2) is 54.4 Å². The van der Waals surface area contributed by atoms with Crippen LogP contribution in [0.2, 0.25) is 0 Å². The van der Waals surface area contributed by atoms with Crippen molar-refractivity contribution in [3.63, 3.8) is 0 Å². The fourth-order valence-corrected chi connectivity index (χ4v) is 5.43. The molecule has 3 aromatic heterocycles. The minimum absolute atomic E-state index is 0.120. The number of carbonyl (C=O) groups is 1. The Morgan fingerprint density at radius 1 is 1.12 bits per heavy atom. The number of rotatable bonds is 8. The number of carbonyl (C=O) groups excluding carboxylic acids is 1. The van der Waals surface area contributed by atoms with Crippen LogP contribution in [-0.2, 0) is 24.1 Å². The van der Waals surface area contributed by atoms with Crippen LogP contribution >= 0.6 is 0 Å². The highest BCUT2D eigenvalue weighted by atomic mass is 19.4. The molecule has 0 saturated heterocycles. The SMILES string of the molecule is CCn1cc(C(F)(F)F)nc1-c1ccc(C(C)N2C(=O)CCn3nc(-c4c(OC)ncnc4C4CC4)nc32)c(OC)c1F. The van der Waals surface area contributed by atoms with Gasteiger partial charge in [-0.05, 0) is 32.8 Å². The van der Waals surface area contributed by atoms with E-state index >= 15 is 4.39 Å². The molecule has 0 spiro atoms. The van der Waals surface area contributed by atoms with Gasteiger partial charge in [-0.15, -0.1) is 5.10 Å². The second kappa shape index (κ2) is 10.6. The van der Waals surface area contributed by atoms with E-state index in [0.717, 1.165) is 24.7 Å². The quantitative estimate of drug-likeness (QED) is 0.255. The van der Waals surface area contributed by atoms with Crippen molar-refractivity contribution in [3.8, 4) is 34.4 Å². The molecular weight excluding hydrogens is 572 g/mol. The summed E-state index contributed by atoms with van der Waals surface area (Å²) in [5, 5.41) is 4.66. The number of alkyl halides is 3. The zero-order chi connectivity index (χ0) is 30.6. The Balaban J connectivity index is 1.41. The molecule has 11 nitrogen and oxygen atoms in total. The van der Waals surface area contributed by atoms with Gasteiger partial charge in [-0.2, -0.15) is 18.2 Å². The van der Waals surface area contributed by atoms with Gasteiger partial charge in [-0.3, -0.25) is 9.69 Å². The summed E-state index contributed by atoms with van der Waals surface area (Å²) in [4.78, 5) is 31.8. The van der Waals surface area contributed by atoms with Crippen molar-refractivity contribution in [2.45, 2.75) is 64.3 Å². The third kappa shape index (κ3) is 4.85. The summed E-state index contributed by atoms with van der Waals surface area (Å²) in [5.74, 6) is -0.449. The minimum atomic E-state index is -4.69. The number of aromatic nitrogens is 7. The molecule has 2 aliphatic rings. The summed E-state index contributed by atoms with van der Waals surface area (Å²) in [6.45, 7) is 3.74. The van der Waals surface area contributed by atoms with Crippen molar-refractivity contribution in [1.82, 2.24) is 34.3 Å². The van der Waals surface area contributed by atoms with Gasteiger partial charge in [0.2, 0.25) is 17.7 Å². The van der Waals surface area contributed by atoms with Crippen LogP contribution in [0.5, 0.6) is 11.6 Å². The molecule has 1 amide bonds. The lowest BCUT2D eigenvalue weighted by molar-refractivity contribution is -0.140. The number of benzene rings is 1. The number of methoxy groups -OCH3 is 2. The average molecular weight is 601 g/mol. The van der Waals surface area contributed by atoms with Crippen LogP contribution in [0.3, 0.4) is 0 Å². The summed E-state index contributed by atoms with van der Waals surface area (Å²) in [7, 11) is 2.75. The van der Waals surface area contributed by atoms with Crippen molar-refractivity contribution < 1.29 is 31.8 Å². The molecule has 1 aliphatic carbocycles. The highest BCUT2D eigenvalue weighted by molar-refractivity contribution is 5.94. The van der Waals surface area contributed by atoms with E-state index in [0.29, 0.717) is 22.8 Å². The van der Waals surface area contributed by atoms with E-state index in [1.165, 1.54) is 42.1 Å². The first-order valence-corrected chi connectivity index (χ1v) is 13.7. The first-order valence-electron chi connectivity index (χ1n) is 13.7. The number of anilines is 1. The number of hydrogen-bond donors (Lipinski definition) is 0. The smallest absolute Gasteiger partial charge is 0.434 e. The summed E-state index contributed by atoms with van der Waals surface area (Å²) in [6.07, 6.45) is -0.348. The summed E-state index contributed by atoms with van der Waals surface area (Å²) in [5.41, 5.74) is 0.343. The first-order chi connectivity index (χ1) is 20.6. The minimum Gasteiger partial charge on any atom is -0.493 e. The van der Waals surface area contributed by atoms with E-state index < -0.39 is 23.7 Å². The molecule has 4 aromatic rings. The van der Waals surface area contributed by atoms with Crippen LogP contribution in [0.25, 0.3) is 22.8 Å². The van der Waals surface area contributed by atoms with E-state index in [1.807, 2.05) is 0 Å². The van der Waals surface area contributed by atoms with Gasteiger partial charge < -0.3 is 14.0 Å². The molecule has 15 heteroatoms. The molecule has 43 heavy (non-hydrogen) atoms. The first kappa shape index (κ1) is 28.6. The Morgan fingerprint density at radius 3 is 2.53 bits per heavy atom. The molecule has 1 saturated carbocycles. The van der Waals surface area contributed by atoms with E-state index in [2.05, 4.69) is 20.1 Å². The number of ether oxygens (including phenoxy) is 2. The van der Waals surface area contributed by atoms with Gasteiger partial charge in [0.25, 0.3) is 0 Å². The average Bonchev–Trinajstić information content (AvgIpc) is 3.59. The van der Waals surface area contributed by atoms with E-state index in [4.69, 9.17) is 14.5 Å². The lowest BCUT2D eigenvalue weighted by Gasteiger charge is -2.32. The standard InChI is InChI=1S/C28H28F4N8O3/c1-5-38-12-18(28(30,31)32)35-25(38)17-9-8-16(23(42-3)21(17)29)14(2)40-19(41)10-11-39-27(40)36-24(37-39)20-22(15-6-7-15)33-13-34-26(20)43-4/h8-9,12-15H,5-7,10-11H2,1-4H3. The maximum atomic E-state index is 16.0. The van der Waals surface area contributed by atoms with Crippen LogP contribution < -0.4 is 14.4 Å². The predicted molar refractivity (Wildman–Crippen MR) is 145 cm³/mol. The fraction of sp³-hybridized carbons (Fsp3) is 0.429. The monoisotopic (exact) mass is 600 g/mol. The van der Waals surface area contributed by atoms with Gasteiger partial charge in [0.1, 0.15) is 17.7 Å². The summed E-state index contributed by atoms with van der Waals surface area (Å²) in [6, 6.07) is 2.08. The molecule has 1 aromatic carbocycles. The summed E-state index contributed by atoms with van der Waals surface area (Å²) < 4.78 is 69.8. The maximum Gasteiger partial charge on any atom is 0.434 e. The van der Waals surface area contributed by atoms with Gasteiger partial charge in [0.15, 0.2) is 23.1 Å². The van der Waals surface area contributed by atoms with Crippen molar-refractivity contribution in [2.24, 2.45) is 0 Å². The van der Waals surface area contributed by atoms with Gasteiger partial charge in [0.05, 0.1) is 38.1 Å². The lowest BCUT2D eigenvalue weighted by Crippen LogP contribution is -2.40. The molecule has 4 heterocycles. The molecule has 6 rings (SSSR count). The van der Waals surface area contributed by atoms with Gasteiger partial charge in [-0.25, -0.2) is 24.0 Å². The number of aryl methyl sites for hydroxylation is 2. The molecule has 0 radical (unpaired) electrons. The van der Waals surface area contributed by atoms with Crippen LogP contribution in [0.4, 0.5) is 23.5 Å². The Hall–Kier alpha value is -4.56. The van der Waals surface area contributed by atoms with Crippen LogP contribution in [0.15, 0.2) is 24.7 Å². The maximum absolute atomic E-state index is 16.0. The lowest BCUT2D eigenvalue weighted by atomic mass is 10.0. The van der Waals surface area contributed by atoms with Crippen molar-refractivity contribution in [2.75, 3.05) is 19.1 Å². The second-order valence-corrected chi connectivity index (χ2v) is 10.3. The van der Waals surface area contributed by atoms with Crippen molar-refractivity contribution in [3.05, 3.63) is 47.4 Å². The zero-order valence-corrected chi connectivity index (χ0v) is 23.8. The highest BCUT2D eigenvalue weighted by Gasteiger charge is 2.38. The molecule has 0 bridgehead atoms. The molecule has 1 atom stereocenters. The topological polar surface area (TPSA) is 113 Å². The Kier molecular flexibility index (Phi) is 7.05. The fourth-order valence-electron chi connectivity index (χ4n) is 5.43. The van der Waals surface area contributed by atoms with E-state index in [-0.39, 0.29) is 54.4 Å². The third-order valence-corrected chi connectivity index (χ3v) is 7.71. The van der Waals surface area contributed by atoms with Gasteiger partial charge in [-0.1, -0.05) is 6.07 Å². The van der Waals surface area contributed by atoms with E-state index in [9.17, 15) is 18.0 Å². The molecule has 1 unspecified atom stereocenters. The molecule has 1 aliphatic heterocycles. The number of fused-ring (bicyclic) bond motifs is 1. The molecule has 0 N–H and O–H groups in total. The Morgan fingerprint density at radius 2 is 1.88 bits per heavy atom. The third-order valence-electron chi connectivity index (χ3n) is 7.71. The van der Waals surface area contributed by atoms with Crippen LogP contribution in [0.1, 0.15) is 62.0 Å². The Bertz CT molecular complexity index is 1710. The van der Waals surface area contributed by atoms with Gasteiger partial charge in [0, 0.05) is 30.6 Å². The normalized spacial score (nSPS) is 15.9. The molecule has 1 fully saturated rings. The number of imidazole rings is 1. The Labute approximate surface area is 243 Å². The van der Waals surface area contributed by atoms with E-state index in [1.54, 1.807) is 18.5 Å². The van der Waals surface area contributed by atoms with Crippen molar-refractivity contribution in [1.29, 1.82) is 0 Å². The largest absolute Gasteiger partial charge is 0.493 e. The zero-order valence-electron chi connectivity index (χ0n) is 23.8. The second-order valence-electron chi connectivity index (χ2n) is 10.3. The number of hydrogen-bond acceptors (Lipinski definition) is 8.